The molecule has 4 heteroatoms. The first-order valence-corrected chi connectivity index (χ1v) is 6.61. The molecule has 0 radical (unpaired) electrons. The van der Waals surface area contributed by atoms with Crippen molar-refractivity contribution < 1.29 is 4.39 Å². The molecule has 1 heterocycles. The van der Waals surface area contributed by atoms with Gasteiger partial charge in [-0.2, -0.15) is 5.10 Å². The lowest BCUT2D eigenvalue weighted by Gasteiger charge is -2.14. The highest BCUT2D eigenvalue weighted by molar-refractivity contribution is 5.22. The van der Waals surface area contributed by atoms with E-state index < -0.39 is 0 Å². The highest BCUT2D eigenvalue weighted by Crippen LogP contribution is 2.17. The van der Waals surface area contributed by atoms with E-state index >= 15 is 0 Å². The van der Waals surface area contributed by atoms with Gasteiger partial charge in [-0.3, -0.25) is 4.68 Å². The summed E-state index contributed by atoms with van der Waals surface area (Å²) in [5, 5.41) is 7.75. The van der Waals surface area contributed by atoms with Crippen LogP contribution in [0.4, 0.5) is 4.39 Å². The van der Waals surface area contributed by atoms with Gasteiger partial charge in [0, 0.05) is 37.0 Å². The van der Waals surface area contributed by atoms with E-state index in [1.807, 2.05) is 37.0 Å². The van der Waals surface area contributed by atoms with E-state index in [4.69, 9.17) is 0 Å². The third-order valence-corrected chi connectivity index (χ3v) is 3.30. The summed E-state index contributed by atoms with van der Waals surface area (Å²) in [4.78, 5) is 0. The van der Waals surface area contributed by atoms with Crippen molar-refractivity contribution in [2.75, 3.05) is 0 Å². The molecule has 1 aromatic carbocycles. The fourth-order valence-corrected chi connectivity index (χ4v) is 2.23. The normalized spacial score (nSPS) is 12.6. The number of aromatic nitrogens is 2. The third kappa shape index (κ3) is 3.20. The molecule has 0 aliphatic carbocycles. The summed E-state index contributed by atoms with van der Waals surface area (Å²) in [5.74, 6) is -0.163. The van der Waals surface area contributed by atoms with Crippen LogP contribution < -0.4 is 5.32 Å². The van der Waals surface area contributed by atoms with Crippen LogP contribution in [0.2, 0.25) is 0 Å². The number of nitrogens with zero attached hydrogens (tertiary/aromatic N) is 2. The van der Waals surface area contributed by atoms with Gasteiger partial charge in [-0.25, -0.2) is 4.39 Å². The molecule has 1 atom stereocenters. The molecule has 1 N–H and O–H groups in total. The fourth-order valence-electron chi connectivity index (χ4n) is 2.23. The minimum Gasteiger partial charge on any atom is -0.306 e. The molecule has 0 fully saturated rings. The summed E-state index contributed by atoms with van der Waals surface area (Å²) >= 11 is 0. The molecule has 2 aromatic rings. The maximum absolute atomic E-state index is 13.7. The van der Waals surface area contributed by atoms with Crippen LogP contribution in [0.15, 0.2) is 30.5 Å². The average molecular weight is 261 g/mol. The summed E-state index contributed by atoms with van der Waals surface area (Å²) in [6, 6.07) is 6.86. The number of halogens is 1. The van der Waals surface area contributed by atoms with Gasteiger partial charge in [-0.15, -0.1) is 0 Å². The minimum atomic E-state index is -0.163. The third-order valence-electron chi connectivity index (χ3n) is 3.30. The molecule has 2 rings (SSSR count). The number of aryl methyl sites for hydroxylation is 2. The molecule has 3 nitrogen and oxygen atoms in total. The molecule has 19 heavy (non-hydrogen) atoms. The van der Waals surface area contributed by atoms with Gasteiger partial charge < -0.3 is 5.32 Å². The summed E-state index contributed by atoms with van der Waals surface area (Å²) in [5.41, 5.74) is 2.97. The zero-order valence-corrected chi connectivity index (χ0v) is 11.7. The smallest absolute Gasteiger partial charge is 0.127 e. The van der Waals surface area contributed by atoms with E-state index in [-0.39, 0.29) is 11.9 Å². The Hall–Kier alpha value is -1.68. The van der Waals surface area contributed by atoms with Gasteiger partial charge in [-0.1, -0.05) is 25.1 Å². The lowest BCUT2D eigenvalue weighted by molar-refractivity contribution is 0.527. The van der Waals surface area contributed by atoms with Crippen LogP contribution >= 0.6 is 0 Å². The van der Waals surface area contributed by atoms with E-state index in [0.29, 0.717) is 12.1 Å². The van der Waals surface area contributed by atoms with Crippen molar-refractivity contribution in [1.82, 2.24) is 15.1 Å². The van der Waals surface area contributed by atoms with Crippen LogP contribution in [-0.4, -0.2) is 9.78 Å². The Morgan fingerprint density at radius 2 is 2.11 bits per heavy atom. The maximum atomic E-state index is 13.7. The summed E-state index contributed by atoms with van der Waals surface area (Å²) in [6.45, 7) is 4.76. The second kappa shape index (κ2) is 5.97. The first kappa shape index (κ1) is 13.7. The van der Waals surface area contributed by atoms with E-state index in [1.54, 1.807) is 6.07 Å². The lowest BCUT2D eigenvalue weighted by atomic mass is 10.1. The molecule has 102 valence electrons. The monoisotopic (exact) mass is 261 g/mol. The lowest BCUT2D eigenvalue weighted by Crippen LogP contribution is -2.19. The minimum absolute atomic E-state index is 0.0221. The standard InChI is InChI=1S/C15H20FN3/c1-4-15-12(10-19(3)18-15)9-17-11(2)13-7-5-6-8-14(13)16/h5-8,10-11,17H,4,9H2,1-3H3. The molecule has 0 aliphatic heterocycles. The maximum Gasteiger partial charge on any atom is 0.127 e. The van der Waals surface area contributed by atoms with Gasteiger partial charge >= 0.3 is 0 Å². The SMILES string of the molecule is CCc1nn(C)cc1CNC(C)c1ccccc1F. The molecule has 1 aromatic heterocycles. The van der Waals surface area contributed by atoms with Crippen LogP contribution in [0.1, 0.15) is 36.7 Å². The van der Waals surface area contributed by atoms with Gasteiger partial charge in [0.05, 0.1) is 5.69 Å². The Morgan fingerprint density at radius 3 is 2.79 bits per heavy atom. The molecule has 0 amide bonds. The van der Waals surface area contributed by atoms with Gasteiger partial charge in [0.15, 0.2) is 0 Å². The Morgan fingerprint density at radius 1 is 1.37 bits per heavy atom. The number of hydrogen-bond donors (Lipinski definition) is 1. The van der Waals surface area contributed by atoms with Crippen molar-refractivity contribution in [3.63, 3.8) is 0 Å². The molecule has 0 bridgehead atoms. The summed E-state index contributed by atoms with van der Waals surface area (Å²) in [6.07, 6.45) is 2.92. The highest BCUT2D eigenvalue weighted by Gasteiger charge is 2.11. The predicted molar refractivity (Wildman–Crippen MR) is 74.2 cm³/mol. The van der Waals surface area contributed by atoms with Gasteiger partial charge in [0.1, 0.15) is 5.82 Å². The second-order valence-electron chi connectivity index (χ2n) is 4.75. The first-order chi connectivity index (χ1) is 9.11. The van der Waals surface area contributed by atoms with Crippen molar-refractivity contribution in [1.29, 1.82) is 0 Å². The Balaban J connectivity index is 2.04. The largest absolute Gasteiger partial charge is 0.306 e. The molecular formula is C15H20FN3. The molecule has 0 saturated carbocycles. The van der Waals surface area contributed by atoms with Crippen LogP contribution in [0, 0.1) is 5.82 Å². The van der Waals surface area contributed by atoms with Crippen LogP contribution in [-0.2, 0) is 20.0 Å². The van der Waals surface area contributed by atoms with Crippen LogP contribution in [0.5, 0.6) is 0 Å². The van der Waals surface area contributed by atoms with Gasteiger partial charge in [-0.05, 0) is 19.4 Å². The average Bonchev–Trinajstić information content (AvgIpc) is 2.77. The summed E-state index contributed by atoms with van der Waals surface area (Å²) in [7, 11) is 1.92. The zero-order valence-electron chi connectivity index (χ0n) is 11.7. The molecule has 0 spiro atoms. The summed E-state index contributed by atoms with van der Waals surface area (Å²) < 4.78 is 15.5. The van der Waals surface area contributed by atoms with Crippen molar-refractivity contribution in [3.05, 3.63) is 53.1 Å². The Kier molecular flexibility index (Phi) is 4.32. The molecule has 0 saturated heterocycles. The van der Waals surface area contributed by atoms with E-state index in [1.165, 1.54) is 11.6 Å². The predicted octanol–water partition coefficient (Wildman–Crippen LogP) is 2.97. The van der Waals surface area contributed by atoms with Crippen molar-refractivity contribution in [2.24, 2.45) is 7.05 Å². The fraction of sp³-hybridized carbons (Fsp3) is 0.400. The van der Waals surface area contributed by atoms with Crippen LogP contribution in [0.3, 0.4) is 0 Å². The van der Waals surface area contributed by atoms with Gasteiger partial charge in [0.25, 0.3) is 0 Å². The molecular weight excluding hydrogens is 241 g/mol. The van der Waals surface area contributed by atoms with Crippen LogP contribution in [0.25, 0.3) is 0 Å². The highest BCUT2D eigenvalue weighted by atomic mass is 19.1. The zero-order chi connectivity index (χ0) is 13.8. The Labute approximate surface area is 113 Å². The number of rotatable bonds is 5. The number of nitrogens with one attached hydrogen (secondary N) is 1. The Bertz CT molecular complexity index is 548. The topological polar surface area (TPSA) is 29.9 Å². The van der Waals surface area contributed by atoms with Crippen molar-refractivity contribution >= 4 is 0 Å². The van der Waals surface area contributed by atoms with Crippen molar-refractivity contribution in [3.8, 4) is 0 Å². The molecule has 1 unspecified atom stereocenters. The molecule has 0 aliphatic rings. The quantitative estimate of drug-likeness (QED) is 0.896. The van der Waals surface area contributed by atoms with Crippen molar-refractivity contribution in [2.45, 2.75) is 32.9 Å². The number of benzene rings is 1. The van der Waals surface area contributed by atoms with E-state index in [9.17, 15) is 4.39 Å². The second-order valence-corrected chi connectivity index (χ2v) is 4.75. The van der Waals surface area contributed by atoms with Gasteiger partial charge in [0.2, 0.25) is 0 Å². The first-order valence-electron chi connectivity index (χ1n) is 6.61. The van der Waals surface area contributed by atoms with E-state index in [2.05, 4.69) is 17.3 Å². The number of hydrogen-bond acceptors (Lipinski definition) is 2. The van der Waals surface area contributed by atoms with E-state index in [0.717, 1.165) is 12.1 Å².